The summed E-state index contributed by atoms with van der Waals surface area (Å²) >= 11 is 5.95. The maximum Gasteiger partial charge on any atom is 0.256 e. The molecule has 0 aliphatic carbocycles. The molecule has 5 rings (SSSR count). The number of para-hydroxylation sites is 1. The van der Waals surface area contributed by atoms with Gasteiger partial charge in [-0.1, -0.05) is 41.9 Å². The van der Waals surface area contributed by atoms with Crippen molar-refractivity contribution in [2.45, 2.75) is 6.54 Å². The van der Waals surface area contributed by atoms with Crippen molar-refractivity contribution in [3.05, 3.63) is 95.5 Å². The Bertz CT molecular complexity index is 1440. The zero-order valence-electron chi connectivity index (χ0n) is 17.2. The van der Waals surface area contributed by atoms with E-state index in [1.54, 1.807) is 28.0 Å². The molecule has 8 heteroatoms. The van der Waals surface area contributed by atoms with E-state index in [-0.39, 0.29) is 5.91 Å². The monoisotopic (exact) mass is 442 g/mol. The quantitative estimate of drug-likeness (QED) is 0.424. The van der Waals surface area contributed by atoms with Crippen LogP contribution in [-0.2, 0) is 13.6 Å². The summed E-state index contributed by atoms with van der Waals surface area (Å²) in [6, 6.07) is 17.1. The van der Waals surface area contributed by atoms with Gasteiger partial charge < -0.3 is 5.32 Å². The average molecular weight is 443 g/mol. The second kappa shape index (κ2) is 8.28. The van der Waals surface area contributed by atoms with E-state index in [0.717, 1.165) is 22.0 Å². The number of anilines is 1. The van der Waals surface area contributed by atoms with Crippen molar-refractivity contribution < 1.29 is 4.79 Å². The van der Waals surface area contributed by atoms with Crippen molar-refractivity contribution in [2.24, 2.45) is 7.05 Å². The number of hydrogen-bond donors (Lipinski definition) is 1. The zero-order valence-corrected chi connectivity index (χ0v) is 18.0. The molecule has 0 aliphatic heterocycles. The van der Waals surface area contributed by atoms with Gasteiger partial charge in [-0.25, -0.2) is 4.98 Å². The summed E-state index contributed by atoms with van der Waals surface area (Å²) in [5, 5.41) is 12.8. The van der Waals surface area contributed by atoms with Crippen LogP contribution >= 0.6 is 11.6 Å². The van der Waals surface area contributed by atoms with Crippen molar-refractivity contribution in [1.82, 2.24) is 24.5 Å². The van der Waals surface area contributed by atoms with Crippen LogP contribution in [0.15, 0.2) is 79.4 Å². The fraction of sp³-hybridized carbons (Fsp3) is 0.0833. The number of benzene rings is 2. The summed E-state index contributed by atoms with van der Waals surface area (Å²) in [5.74, 6) is -0.201. The van der Waals surface area contributed by atoms with E-state index < -0.39 is 0 Å². The van der Waals surface area contributed by atoms with Gasteiger partial charge >= 0.3 is 0 Å². The Balaban J connectivity index is 1.46. The van der Waals surface area contributed by atoms with Crippen molar-refractivity contribution >= 4 is 34.1 Å². The standard InChI is InChI=1S/C24H19ClN6O/c1-30-14-17(11-26-30)23-10-21(20-7-2-3-8-22(20)29-23)24(32)28-19-6-4-5-16(9-19)13-31-15-18(25)12-27-31/h2-12,14-15H,13H2,1H3,(H,28,32). The van der Waals surface area contributed by atoms with Gasteiger partial charge in [0, 0.05) is 36.1 Å². The molecular weight excluding hydrogens is 424 g/mol. The van der Waals surface area contributed by atoms with E-state index in [1.165, 1.54) is 0 Å². The van der Waals surface area contributed by atoms with Gasteiger partial charge in [0.2, 0.25) is 0 Å². The number of nitrogens with zero attached hydrogens (tertiary/aromatic N) is 5. The summed E-state index contributed by atoms with van der Waals surface area (Å²) < 4.78 is 3.46. The fourth-order valence-electron chi connectivity index (χ4n) is 3.62. The number of carbonyl (C=O) groups is 1. The number of fused-ring (bicyclic) bond motifs is 1. The molecule has 1 amide bonds. The van der Waals surface area contributed by atoms with E-state index in [0.29, 0.717) is 28.5 Å². The zero-order chi connectivity index (χ0) is 22.1. The Hall–Kier alpha value is -3.97. The Morgan fingerprint density at radius 1 is 1.03 bits per heavy atom. The smallest absolute Gasteiger partial charge is 0.256 e. The molecule has 0 saturated heterocycles. The van der Waals surface area contributed by atoms with Gasteiger partial charge in [0.1, 0.15) is 0 Å². The highest BCUT2D eigenvalue weighted by Gasteiger charge is 2.15. The highest BCUT2D eigenvalue weighted by molar-refractivity contribution is 6.30. The highest BCUT2D eigenvalue weighted by Crippen LogP contribution is 2.25. The molecule has 0 unspecified atom stereocenters. The first kappa shape index (κ1) is 20.0. The third-order valence-electron chi connectivity index (χ3n) is 5.09. The van der Waals surface area contributed by atoms with Crippen LogP contribution in [-0.4, -0.2) is 30.5 Å². The third kappa shape index (κ3) is 4.10. The molecule has 0 bridgehead atoms. The SMILES string of the molecule is Cn1cc(-c2cc(C(=O)Nc3cccc(Cn4cc(Cl)cn4)c3)c3ccccc3n2)cn1. The van der Waals surface area contributed by atoms with Gasteiger partial charge in [0.15, 0.2) is 0 Å². The molecule has 5 aromatic rings. The predicted octanol–water partition coefficient (Wildman–Crippen LogP) is 4.79. The number of rotatable bonds is 5. The number of carbonyl (C=O) groups excluding carboxylic acids is 1. The second-order valence-corrected chi connectivity index (χ2v) is 7.92. The van der Waals surface area contributed by atoms with Crippen molar-refractivity contribution in [3.63, 3.8) is 0 Å². The molecule has 158 valence electrons. The number of halogens is 1. The number of aromatic nitrogens is 5. The minimum absolute atomic E-state index is 0.201. The Labute approximate surface area is 189 Å². The molecule has 0 aliphatic rings. The summed E-state index contributed by atoms with van der Waals surface area (Å²) in [5.41, 5.74) is 4.56. The van der Waals surface area contributed by atoms with Crippen LogP contribution in [0.5, 0.6) is 0 Å². The predicted molar refractivity (Wildman–Crippen MR) is 125 cm³/mol. The molecule has 7 nitrogen and oxygen atoms in total. The largest absolute Gasteiger partial charge is 0.322 e. The highest BCUT2D eigenvalue weighted by atomic mass is 35.5. The number of nitrogens with one attached hydrogen (secondary N) is 1. The molecule has 3 heterocycles. The summed E-state index contributed by atoms with van der Waals surface area (Å²) in [7, 11) is 1.85. The molecular formula is C24H19ClN6O. The minimum Gasteiger partial charge on any atom is -0.322 e. The van der Waals surface area contributed by atoms with E-state index in [9.17, 15) is 4.79 Å². The minimum atomic E-state index is -0.201. The maximum absolute atomic E-state index is 13.3. The topological polar surface area (TPSA) is 77.6 Å². The Morgan fingerprint density at radius 3 is 2.69 bits per heavy atom. The van der Waals surface area contributed by atoms with Gasteiger partial charge in [-0.2, -0.15) is 10.2 Å². The second-order valence-electron chi connectivity index (χ2n) is 7.49. The summed E-state index contributed by atoms with van der Waals surface area (Å²) in [6.45, 7) is 0.555. The third-order valence-corrected chi connectivity index (χ3v) is 5.29. The van der Waals surface area contributed by atoms with Crippen LogP contribution in [0.1, 0.15) is 15.9 Å². The molecule has 32 heavy (non-hydrogen) atoms. The maximum atomic E-state index is 13.3. The lowest BCUT2D eigenvalue weighted by molar-refractivity contribution is 0.102. The normalized spacial score (nSPS) is 11.1. The van der Waals surface area contributed by atoms with Crippen LogP contribution in [0.25, 0.3) is 22.2 Å². The molecule has 3 aromatic heterocycles. The van der Waals surface area contributed by atoms with E-state index in [4.69, 9.17) is 16.6 Å². The molecule has 0 saturated carbocycles. The number of pyridine rings is 1. The lowest BCUT2D eigenvalue weighted by Crippen LogP contribution is -2.13. The molecule has 0 atom stereocenters. The van der Waals surface area contributed by atoms with Gasteiger partial charge in [-0.05, 0) is 29.8 Å². The lowest BCUT2D eigenvalue weighted by atomic mass is 10.0. The lowest BCUT2D eigenvalue weighted by Gasteiger charge is -2.11. The van der Waals surface area contributed by atoms with E-state index in [2.05, 4.69) is 15.5 Å². The van der Waals surface area contributed by atoms with Crippen LogP contribution in [0.4, 0.5) is 5.69 Å². The van der Waals surface area contributed by atoms with E-state index >= 15 is 0 Å². The van der Waals surface area contributed by atoms with Crippen LogP contribution < -0.4 is 5.32 Å². The van der Waals surface area contributed by atoms with Crippen LogP contribution in [0, 0.1) is 0 Å². The molecule has 0 radical (unpaired) electrons. The average Bonchev–Trinajstić information content (AvgIpc) is 3.41. The molecule has 2 aromatic carbocycles. The van der Waals surface area contributed by atoms with E-state index in [1.807, 2.05) is 67.8 Å². The van der Waals surface area contributed by atoms with Gasteiger partial charge in [0.05, 0.1) is 40.7 Å². The molecule has 0 fully saturated rings. The van der Waals surface area contributed by atoms with Crippen LogP contribution in [0.2, 0.25) is 5.02 Å². The Morgan fingerprint density at radius 2 is 1.91 bits per heavy atom. The van der Waals surface area contributed by atoms with Gasteiger partial charge in [-0.3, -0.25) is 14.2 Å². The van der Waals surface area contributed by atoms with Crippen LogP contribution in [0.3, 0.4) is 0 Å². The first-order chi connectivity index (χ1) is 15.5. The number of hydrogen-bond acceptors (Lipinski definition) is 4. The number of amides is 1. The number of aryl methyl sites for hydroxylation is 1. The van der Waals surface area contributed by atoms with Crippen molar-refractivity contribution in [3.8, 4) is 11.3 Å². The van der Waals surface area contributed by atoms with Crippen molar-refractivity contribution in [1.29, 1.82) is 0 Å². The first-order valence-corrected chi connectivity index (χ1v) is 10.4. The van der Waals surface area contributed by atoms with Crippen molar-refractivity contribution in [2.75, 3.05) is 5.32 Å². The molecule has 1 N–H and O–H groups in total. The van der Waals surface area contributed by atoms with Gasteiger partial charge in [-0.15, -0.1) is 0 Å². The molecule has 0 spiro atoms. The first-order valence-electron chi connectivity index (χ1n) is 10.0. The van der Waals surface area contributed by atoms with Gasteiger partial charge in [0.25, 0.3) is 5.91 Å². The summed E-state index contributed by atoms with van der Waals surface area (Å²) in [4.78, 5) is 18.0. The summed E-state index contributed by atoms with van der Waals surface area (Å²) in [6.07, 6.45) is 6.98. The Kier molecular flexibility index (Phi) is 5.17. The fourth-order valence-corrected chi connectivity index (χ4v) is 3.78.